The highest BCUT2D eigenvalue weighted by molar-refractivity contribution is 5.50. The minimum absolute atomic E-state index is 0.0167. The van der Waals surface area contributed by atoms with Gasteiger partial charge < -0.3 is 10.1 Å². The third-order valence-electron chi connectivity index (χ3n) is 2.89. The van der Waals surface area contributed by atoms with E-state index in [-0.39, 0.29) is 5.69 Å². The number of benzene rings is 2. The Bertz CT molecular complexity index is 708. The summed E-state index contributed by atoms with van der Waals surface area (Å²) in [4.78, 5) is 10.4. The fourth-order valence-corrected chi connectivity index (χ4v) is 1.87. The summed E-state index contributed by atoms with van der Waals surface area (Å²) in [6.45, 7) is 0.396. The molecule has 0 heterocycles. The van der Waals surface area contributed by atoms with Crippen LogP contribution in [0.5, 0.6) is 5.75 Å². The largest absolute Gasteiger partial charge is 0.496 e. The van der Waals surface area contributed by atoms with E-state index in [1.165, 1.54) is 19.2 Å². The predicted octanol–water partition coefficient (Wildman–Crippen LogP) is 3.09. The fourth-order valence-electron chi connectivity index (χ4n) is 1.87. The lowest BCUT2D eigenvalue weighted by Gasteiger charge is -2.08. The van der Waals surface area contributed by atoms with E-state index in [4.69, 9.17) is 10.00 Å². The summed E-state index contributed by atoms with van der Waals surface area (Å²) in [5.74, 6) is 0.437. The number of hydrogen-bond donors (Lipinski definition) is 1. The molecular formula is C15H13N3O3. The normalized spacial score (nSPS) is 9.71. The van der Waals surface area contributed by atoms with Crippen LogP contribution in [0.1, 0.15) is 11.1 Å². The molecule has 0 spiro atoms. The number of nitrogens with one attached hydrogen (secondary N) is 1. The first-order valence-corrected chi connectivity index (χ1v) is 6.19. The Hall–Kier alpha value is -3.07. The van der Waals surface area contributed by atoms with Gasteiger partial charge in [0.1, 0.15) is 5.75 Å². The number of nitro benzene ring substituents is 1. The van der Waals surface area contributed by atoms with Crippen molar-refractivity contribution < 1.29 is 9.66 Å². The number of rotatable bonds is 5. The van der Waals surface area contributed by atoms with Crippen molar-refractivity contribution in [1.82, 2.24) is 0 Å². The summed E-state index contributed by atoms with van der Waals surface area (Å²) in [6, 6.07) is 13.7. The van der Waals surface area contributed by atoms with Crippen molar-refractivity contribution in [1.29, 1.82) is 5.26 Å². The van der Waals surface area contributed by atoms with Gasteiger partial charge in [-0.3, -0.25) is 10.1 Å². The molecule has 0 fully saturated rings. The standard InChI is InChI=1S/C15H13N3O3/c1-21-15-7-12(6-14(8-15)18(19)20)10-17-13-4-2-3-11(5-13)9-16/h2-8,17H,10H2,1H3. The molecule has 0 bridgehead atoms. The fraction of sp³-hybridized carbons (Fsp3) is 0.133. The number of hydrogen-bond acceptors (Lipinski definition) is 5. The van der Waals surface area contributed by atoms with Crippen molar-refractivity contribution in [3.05, 3.63) is 63.7 Å². The highest BCUT2D eigenvalue weighted by Crippen LogP contribution is 2.23. The van der Waals surface area contributed by atoms with E-state index in [0.717, 1.165) is 11.3 Å². The van der Waals surface area contributed by atoms with Crippen molar-refractivity contribution in [3.8, 4) is 11.8 Å². The van der Waals surface area contributed by atoms with Crippen LogP contribution in [0.2, 0.25) is 0 Å². The molecule has 0 radical (unpaired) electrons. The summed E-state index contributed by atoms with van der Waals surface area (Å²) < 4.78 is 5.06. The zero-order valence-electron chi connectivity index (χ0n) is 11.4. The van der Waals surface area contributed by atoms with Crippen LogP contribution in [-0.2, 0) is 6.54 Å². The zero-order chi connectivity index (χ0) is 15.2. The minimum atomic E-state index is -0.456. The van der Waals surface area contributed by atoms with Crippen LogP contribution in [0.25, 0.3) is 0 Å². The lowest BCUT2D eigenvalue weighted by atomic mass is 10.1. The third-order valence-corrected chi connectivity index (χ3v) is 2.89. The van der Waals surface area contributed by atoms with Crippen LogP contribution in [-0.4, -0.2) is 12.0 Å². The monoisotopic (exact) mass is 283 g/mol. The van der Waals surface area contributed by atoms with Crippen molar-refractivity contribution in [2.24, 2.45) is 0 Å². The molecule has 2 aromatic carbocycles. The molecule has 6 nitrogen and oxygen atoms in total. The third kappa shape index (κ3) is 3.70. The van der Waals surface area contributed by atoms with E-state index in [1.54, 1.807) is 24.3 Å². The van der Waals surface area contributed by atoms with Crippen LogP contribution in [0.4, 0.5) is 11.4 Å². The Morgan fingerprint density at radius 1 is 1.33 bits per heavy atom. The summed E-state index contributed by atoms with van der Waals surface area (Å²) in [5.41, 5.74) is 2.04. The zero-order valence-corrected chi connectivity index (χ0v) is 11.4. The van der Waals surface area contributed by atoms with Crippen LogP contribution in [0.3, 0.4) is 0 Å². The lowest BCUT2D eigenvalue weighted by molar-refractivity contribution is -0.385. The van der Waals surface area contributed by atoms with Crippen molar-refractivity contribution in [2.75, 3.05) is 12.4 Å². The molecular weight excluding hydrogens is 270 g/mol. The van der Waals surface area contributed by atoms with Crippen LogP contribution >= 0.6 is 0 Å². The molecule has 106 valence electrons. The second-order valence-corrected chi connectivity index (χ2v) is 4.34. The Morgan fingerprint density at radius 3 is 2.81 bits per heavy atom. The number of ether oxygens (including phenoxy) is 1. The number of nitro groups is 1. The van der Waals surface area contributed by atoms with Crippen molar-refractivity contribution >= 4 is 11.4 Å². The average molecular weight is 283 g/mol. The molecule has 0 aliphatic carbocycles. The summed E-state index contributed by atoms with van der Waals surface area (Å²) in [7, 11) is 1.46. The van der Waals surface area contributed by atoms with Gasteiger partial charge in [0, 0.05) is 18.3 Å². The average Bonchev–Trinajstić information content (AvgIpc) is 2.52. The van der Waals surface area contributed by atoms with E-state index < -0.39 is 4.92 Å². The van der Waals surface area contributed by atoms with E-state index in [1.807, 2.05) is 6.07 Å². The summed E-state index contributed by atoms with van der Waals surface area (Å²) in [5, 5.41) is 22.8. The number of anilines is 1. The minimum Gasteiger partial charge on any atom is -0.496 e. The molecule has 0 saturated carbocycles. The number of nitrogens with zero attached hydrogens (tertiary/aromatic N) is 2. The molecule has 1 N–H and O–H groups in total. The second kappa shape index (κ2) is 6.39. The molecule has 21 heavy (non-hydrogen) atoms. The molecule has 0 saturated heterocycles. The SMILES string of the molecule is COc1cc(CNc2cccc(C#N)c2)cc([N+](=O)[O-])c1. The first-order chi connectivity index (χ1) is 10.1. The maximum atomic E-state index is 10.9. The molecule has 2 aromatic rings. The van der Waals surface area contributed by atoms with Gasteiger partial charge in [-0.15, -0.1) is 0 Å². The number of nitriles is 1. The van der Waals surface area contributed by atoms with Gasteiger partial charge in [0.15, 0.2) is 0 Å². The molecule has 2 rings (SSSR count). The first kappa shape index (κ1) is 14.3. The van der Waals surface area contributed by atoms with Gasteiger partial charge in [-0.1, -0.05) is 6.07 Å². The van der Waals surface area contributed by atoms with Gasteiger partial charge in [0.05, 0.1) is 29.7 Å². The predicted molar refractivity (Wildman–Crippen MR) is 78.1 cm³/mol. The maximum Gasteiger partial charge on any atom is 0.273 e. The van der Waals surface area contributed by atoms with Crippen molar-refractivity contribution in [3.63, 3.8) is 0 Å². The molecule has 0 aromatic heterocycles. The summed E-state index contributed by atoms with van der Waals surface area (Å²) >= 11 is 0. The Balaban J connectivity index is 2.17. The molecule has 0 amide bonds. The summed E-state index contributed by atoms with van der Waals surface area (Å²) in [6.07, 6.45) is 0. The van der Waals surface area contributed by atoms with Crippen LogP contribution in [0.15, 0.2) is 42.5 Å². The molecule has 6 heteroatoms. The highest BCUT2D eigenvalue weighted by Gasteiger charge is 2.10. The number of non-ortho nitro benzene ring substituents is 1. The van der Waals surface area contributed by atoms with Crippen LogP contribution < -0.4 is 10.1 Å². The second-order valence-electron chi connectivity index (χ2n) is 4.34. The smallest absolute Gasteiger partial charge is 0.273 e. The van der Waals surface area contributed by atoms with Gasteiger partial charge in [0.2, 0.25) is 0 Å². The van der Waals surface area contributed by atoms with E-state index in [9.17, 15) is 10.1 Å². The molecule has 0 atom stereocenters. The number of methoxy groups -OCH3 is 1. The Morgan fingerprint density at radius 2 is 2.14 bits per heavy atom. The van der Waals surface area contributed by atoms with E-state index >= 15 is 0 Å². The van der Waals surface area contributed by atoms with Crippen molar-refractivity contribution in [2.45, 2.75) is 6.54 Å². The Kier molecular flexibility index (Phi) is 4.36. The van der Waals surface area contributed by atoms with Crippen LogP contribution in [0, 0.1) is 21.4 Å². The van der Waals surface area contributed by atoms with Gasteiger partial charge in [-0.25, -0.2) is 0 Å². The maximum absolute atomic E-state index is 10.9. The Labute approximate surface area is 121 Å². The van der Waals surface area contributed by atoms with Gasteiger partial charge in [-0.05, 0) is 29.8 Å². The van der Waals surface area contributed by atoms with Gasteiger partial charge in [-0.2, -0.15) is 5.26 Å². The topological polar surface area (TPSA) is 88.2 Å². The van der Waals surface area contributed by atoms with Gasteiger partial charge in [0.25, 0.3) is 5.69 Å². The molecule has 0 unspecified atom stereocenters. The molecule has 0 aliphatic heterocycles. The highest BCUT2D eigenvalue weighted by atomic mass is 16.6. The van der Waals surface area contributed by atoms with E-state index in [0.29, 0.717) is 17.9 Å². The van der Waals surface area contributed by atoms with Gasteiger partial charge >= 0.3 is 0 Å². The van der Waals surface area contributed by atoms with E-state index in [2.05, 4.69) is 11.4 Å². The first-order valence-electron chi connectivity index (χ1n) is 6.19. The quantitative estimate of drug-likeness (QED) is 0.673. The molecule has 0 aliphatic rings. The lowest BCUT2D eigenvalue weighted by Crippen LogP contribution is -2.01.